The second-order valence-electron chi connectivity index (χ2n) is 5.65. The van der Waals surface area contributed by atoms with E-state index in [0.29, 0.717) is 19.5 Å². The lowest BCUT2D eigenvalue weighted by Gasteiger charge is -2.26. The van der Waals surface area contributed by atoms with E-state index >= 15 is 0 Å². The Morgan fingerprint density at radius 2 is 2.30 bits per heavy atom. The zero-order chi connectivity index (χ0) is 14.8. The van der Waals surface area contributed by atoms with Crippen LogP contribution >= 0.6 is 0 Å². The highest BCUT2D eigenvalue weighted by Gasteiger charge is 2.41. The van der Waals surface area contributed by atoms with Gasteiger partial charge in [-0.25, -0.2) is 0 Å². The van der Waals surface area contributed by atoms with Crippen molar-refractivity contribution in [2.24, 2.45) is 5.73 Å². The second-order valence-corrected chi connectivity index (χ2v) is 5.65. The number of amides is 1. The third-order valence-corrected chi connectivity index (χ3v) is 4.15. The van der Waals surface area contributed by atoms with Crippen molar-refractivity contribution in [3.8, 4) is 0 Å². The molecular formula is C14H23N3O3. The van der Waals surface area contributed by atoms with Crippen molar-refractivity contribution < 1.29 is 14.7 Å². The summed E-state index contributed by atoms with van der Waals surface area (Å²) in [6.45, 7) is 3.67. The fourth-order valence-corrected chi connectivity index (χ4v) is 2.94. The molecule has 0 aromatic heterocycles. The van der Waals surface area contributed by atoms with Gasteiger partial charge in [0.1, 0.15) is 5.54 Å². The number of likely N-dealkylation sites (N-methyl/N-ethyl adjacent to an activating group) is 1. The van der Waals surface area contributed by atoms with E-state index in [9.17, 15) is 9.59 Å². The number of nitrogens with zero attached hydrogens (tertiary/aromatic N) is 2. The van der Waals surface area contributed by atoms with Crippen molar-refractivity contribution in [1.29, 1.82) is 0 Å². The summed E-state index contributed by atoms with van der Waals surface area (Å²) >= 11 is 0. The number of carbonyl (C=O) groups excluding carboxylic acids is 1. The van der Waals surface area contributed by atoms with Gasteiger partial charge in [-0.05, 0) is 32.6 Å². The average Bonchev–Trinajstić information content (AvgIpc) is 3.01. The van der Waals surface area contributed by atoms with Crippen molar-refractivity contribution in [3.05, 3.63) is 11.8 Å². The molecule has 1 aliphatic carbocycles. The summed E-state index contributed by atoms with van der Waals surface area (Å²) in [4.78, 5) is 27.1. The van der Waals surface area contributed by atoms with Crippen LogP contribution in [0.1, 0.15) is 32.6 Å². The summed E-state index contributed by atoms with van der Waals surface area (Å²) in [6.07, 6.45) is 5.61. The van der Waals surface area contributed by atoms with Gasteiger partial charge in [0.25, 0.3) is 0 Å². The van der Waals surface area contributed by atoms with Gasteiger partial charge in [-0.1, -0.05) is 6.08 Å². The molecule has 6 nitrogen and oxygen atoms in total. The fourth-order valence-electron chi connectivity index (χ4n) is 2.94. The maximum Gasteiger partial charge on any atom is 0.325 e. The minimum absolute atomic E-state index is 0.0373. The first-order valence-corrected chi connectivity index (χ1v) is 7.20. The number of hydrogen-bond acceptors (Lipinski definition) is 4. The van der Waals surface area contributed by atoms with Crippen LogP contribution in [0.2, 0.25) is 0 Å². The van der Waals surface area contributed by atoms with Gasteiger partial charge in [0, 0.05) is 25.3 Å². The molecule has 6 heteroatoms. The number of rotatable bonds is 5. The summed E-state index contributed by atoms with van der Waals surface area (Å²) in [5.74, 6) is -0.950. The molecule has 0 spiro atoms. The van der Waals surface area contributed by atoms with Crippen LogP contribution in [-0.4, -0.2) is 58.5 Å². The van der Waals surface area contributed by atoms with Crippen molar-refractivity contribution in [3.63, 3.8) is 0 Å². The third-order valence-electron chi connectivity index (χ3n) is 4.15. The Labute approximate surface area is 119 Å². The Kier molecular flexibility index (Phi) is 4.45. The molecule has 112 valence electrons. The monoisotopic (exact) mass is 281 g/mol. The number of carboxylic acid groups (broad SMARTS) is 1. The van der Waals surface area contributed by atoms with Crippen LogP contribution in [0.25, 0.3) is 0 Å². The molecule has 1 saturated heterocycles. The summed E-state index contributed by atoms with van der Waals surface area (Å²) in [5, 5.41) is 9.10. The number of allylic oxidation sites excluding steroid dienone is 2. The molecule has 0 aromatic rings. The molecule has 1 fully saturated rings. The van der Waals surface area contributed by atoms with Gasteiger partial charge in [-0.15, -0.1) is 0 Å². The van der Waals surface area contributed by atoms with E-state index in [4.69, 9.17) is 10.8 Å². The van der Waals surface area contributed by atoms with Gasteiger partial charge < -0.3 is 15.7 Å². The van der Waals surface area contributed by atoms with E-state index in [0.717, 1.165) is 25.0 Å². The van der Waals surface area contributed by atoms with Crippen LogP contribution in [0.4, 0.5) is 0 Å². The minimum Gasteiger partial charge on any atom is -0.480 e. The van der Waals surface area contributed by atoms with Gasteiger partial charge in [0.2, 0.25) is 5.91 Å². The van der Waals surface area contributed by atoms with E-state index in [1.807, 2.05) is 16.7 Å². The van der Waals surface area contributed by atoms with E-state index < -0.39 is 11.5 Å². The Morgan fingerprint density at radius 3 is 2.80 bits per heavy atom. The molecule has 0 bridgehead atoms. The molecule has 1 heterocycles. The van der Waals surface area contributed by atoms with Crippen LogP contribution in [0.5, 0.6) is 0 Å². The first-order chi connectivity index (χ1) is 9.46. The molecule has 0 aromatic carbocycles. The van der Waals surface area contributed by atoms with Crippen LogP contribution in [-0.2, 0) is 9.59 Å². The number of aliphatic carboxylic acids is 1. The van der Waals surface area contributed by atoms with Crippen LogP contribution < -0.4 is 5.73 Å². The zero-order valence-electron chi connectivity index (χ0n) is 12.0. The quantitative estimate of drug-likeness (QED) is 0.761. The van der Waals surface area contributed by atoms with Gasteiger partial charge in [0.05, 0.1) is 6.54 Å². The maximum absolute atomic E-state index is 12.4. The first-order valence-electron chi connectivity index (χ1n) is 7.20. The van der Waals surface area contributed by atoms with Gasteiger partial charge >= 0.3 is 5.97 Å². The topological polar surface area (TPSA) is 86.9 Å². The van der Waals surface area contributed by atoms with Gasteiger partial charge in [0.15, 0.2) is 0 Å². The van der Waals surface area contributed by atoms with Crippen LogP contribution in [0.3, 0.4) is 0 Å². The molecule has 1 amide bonds. The number of carboxylic acids is 1. The summed E-state index contributed by atoms with van der Waals surface area (Å²) in [6, 6.07) is 0. The SMILES string of the molecule is CCN(C(=O)CN1CCC(N)(C(=O)O)C1)C1=CCCC1. The Hall–Kier alpha value is -1.40. The number of likely N-dealkylation sites (tertiary alicyclic amines) is 1. The fraction of sp³-hybridized carbons (Fsp3) is 0.714. The normalized spacial score (nSPS) is 26.6. The van der Waals surface area contributed by atoms with Crippen molar-refractivity contribution in [1.82, 2.24) is 9.80 Å². The van der Waals surface area contributed by atoms with Crippen molar-refractivity contribution >= 4 is 11.9 Å². The molecule has 1 unspecified atom stereocenters. The molecule has 1 aliphatic heterocycles. The Balaban J connectivity index is 1.93. The molecule has 1 atom stereocenters. The Bertz CT molecular complexity index is 435. The molecule has 0 radical (unpaired) electrons. The Morgan fingerprint density at radius 1 is 1.55 bits per heavy atom. The highest BCUT2D eigenvalue weighted by molar-refractivity contribution is 5.81. The largest absolute Gasteiger partial charge is 0.480 e. The first kappa shape index (κ1) is 15.0. The van der Waals surface area contributed by atoms with Gasteiger partial charge in [-0.2, -0.15) is 0 Å². The smallest absolute Gasteiger partial charge is 0.325 e. The summed E-state index contributed by atoms with van der Waals surface area (Å²) in [5.41, 5.74) is 5.72. The van der Waals surface area contributed by atoms with Crippen LogP contribution in [0.15, 0.2) is 11.8 Å². The summed E-state index contributed by atoms with van der Waals surface area (Å²) in [7, 11) is 0. The number of hydrogen-bond donors (Lipinski definition) is 2. The third kappa shape index (κ3) is 3.02. The lowest BCUT2D eigenvalue weighted by Crippen LogP contribution is -2.51. The number of carbonyl (C=O) groups is 2. The van der Waals surface area contributed by atoms with E-state index in [2.05, 4.69) is 6.08 Å². The lowest BCUT2D eigenvalue weighted by molar-refractivity contribution is -0.143. The minimum atomic E-state index is -1.20. The lowest BCUT2D eigenvalue weighted by atomic mass is 10.0. The molecule has 20 heavy (non-hydrogen) atoms. The molecule has 2 rings (SSSR count). The van der Waals surface area contributed by atoms with E-state index in [-0.39, 0.29) is 19.0 Å². The highest BCUT2D eigenvalue weighted by Crippen LogP contribution is 2.23. The van der Waals surface area contributed by atoms with E-state index in [1.54, 1.807) is 0 Å². The van der Waals surface area contributed by atoms with Crippen molar-refractivity contribution in [2.45, 2.75) is 38.1 Å². The predicted octanol–water partition coefficient (Wildman–Crippen LogP) is 0.391. The maximum atomic E-state index is 12.4. The highest BCUT2D eigenvalue weighted by atomic mass is 16.4. The molecule has 3 N–H and O–H groups in total. The standard InChI is InChI=1S/C14H23N3O3/c1-2-17(11-5-3-4-6-11)12(18)9-16-8-7-14(15,10-16)13(19)20/h5H,2-4,6-10,15H2,1H3,(H,19,20). The van der Waals surface area contributed by atoms with E-state index in [1.165, 1.54) is 0 Å². The number of nitrogens with two attached hydrogens (primary N) is 1. The second kappa shape index (κ2) is 5.93. The molecule has 2 aliphatic rings. The molecule has 0 saturated carbocycles. The summed E-state index contributed by atoms with van der Waals surface area (Å²) < 4.78 is 0. The van der Waals surface area contributed by atoms with Gasteiger partial charge in [-0.3, -0.25) is 14.5 Å². The average molecular weight is 281 g/mol. The van der Waals surface area contributed by atoms with Crippen LogP contribution in [0, 0.1) is 0 Å². The molecular weight excluding hydrogens is 258 g/mol. The zero-order valence-corrected chi connectivity index (χ0v) is 12.0. The predicted molar refractivity (Wildman–Crippen MR) is 74.9 cm³/mol. The van der Waals surface area contributed by atoms with Crippen molar-refractivity contribution in [2.75, 3.05) is 26.2 Å².